The average molecular weight is 211 g/mol. The predicted octanol–water partition coefficient (Wildman–Crippen LogP) is 0.776. The third kappa shape index (κ3) is 1.79. The van der Waals surface area contributed by atoms with Gasteiger partial charge in [0.05, 0.1) is 0 Å². The van der Waals surface area contributed by atoms with Crippen LogP contribution in [0.3, 0.4) is 0 Å². The summed E-state index contributed by atoms with van der Waals surface area (Å²) in [5.74, 6) is -0.939. The van der Waals surface area contributed by atoms with Gasteiger partial charge in [-0.1, -0.05) is 5.16 Å². The topological polar surface area (TPSA) is 146 Å². The van der Waals surface area contributed by atoms with E-state index >= 15 is 0 Å². The number of azo groups is 1. The number of hydrogen-bond donors (Lipinski definition) is 0. The molecule has 0 N–H and O–H groups in total. The van der Waals surface area contributed by atoms with Crippen molar-refractivity contribution in [2.75, 3.05) is 0 Å². The van der Waals surface area contributed by atoms with E-state index in [1.807, 2.05) is 0 Å². The molecule has 0 saturated carbocycles. The maximum Gasteiger partial charge on any atom is 0.462 e. The molecule has 0 bridgehead atoms. The lowest BCUT2D eigenvalue weighted by molar-refractivity contribution is -0.390. The summed E-state index contributed by atoms with van der Waals surface area (Å²) in [6, 6.07) is 0. The molecule has 0 aliphatic carbocycles. The molecule has 15 heavy (non-hydrogen) atoms. The summed E-state index contributed by atoms with van der Waals surface area (Å²) in [5, 5.41) is 29.9. The van der Waals surface area contributed by atoms with Gasteiger partial charge in [0.2, 0.25) is 5.82 Å². The molecule has 2 rings (SSSR count). The van der Waals surface area contributed by atoms with Crippen LogP contribution in [-0.4, -0.2) is 25.5 Å². The Morgan fingerprint density at radius 3 is 2.80 bits per heavy atom. The lowest BCUT2D eigenvalue weighted by Crippen LogP contribution is -1.86. The minimum Gasteiger partial charge on any atom is -0.358 e. The fourth-order valence-electron chi connectivity index (χ4n) is 0.660. The Kier molecular flexibility index (Phi) is 2.11. The quantitative estimate of drug-likeness (QED) is 0.410. The summed E-state index contributed by atoms with van der Waals surface area (Å²) < 4.78 is 8.34. The Bertz CT molecular complexity index is 487. The number of nitro groups is 1. The van der Waals surface area contributed by atoms with Gasteiger partial charge in [-0.3, -0.25) is 0 Å². The fraction of sp³-hybridized carbons (Fsp3) is 0. The van der Waals surface area contributed by atoms with Crippen LogP contribution < -0.4 is 0 Å². The average Bonchev–Trinajstić information content (AvgIpc) is 2.86. The largest absolute Gasteiger partial charge is 0.462 e. The lowest BCUT2D eigenvalue weighted by atomic mass is 10.7. The molecule has 0 aliphatic heterocycles. The van der Waals surface area contributed by atoms with Gasteiger partial charge in [0, 0.05) is 5.16 Å². The SMILES string of the molecule is O=[N+]([O-])c1nonc1N=Nc1cnon1. The van der Waals surface area contributed by atoms with Crippen molar-refractivity contribution in [3.63, 3.8) is 0 Å². The van der Waals surface area contributed by atoms with E-state index in [1.165, 1.54) is 6.20 Å². The third-order valence-electron chi connectivity index (χ3n) is 1.22. The zero-order valence-corrected chi connectivity index (χ0v) is 6.84. The number of aromatic nitrogens is 4. The maximum atomic E-state index is 10.3. The molecule has 76 valence electrons. The molecule has 0 amide bonds. The molecule has 0 aromatic carbocycles. The zero-order valence-electron chi connectivity index (χ0n) is 6.84. The molecule has 0 atom stereocenters. The van der Waals surface area contributed by atoms with Crippen molar-refractivity contribution in [1.29, 1.82) is 0 Å². The van der Waals surface area contributed by atoms with Crippen molar-refractivity contribution in [2.45, 2.75) is 0 Å². The van der Waals surface area contributed by atoms with E-state index in [-0.39, 0.29) is 11.6 Å². The van der Waals surface area contributed by atoms with Gasteiger partial charge in [-0.15, -0.1) is 14.9 Å². The molecule has 2 aromatic rings. The van der Waals surface area contributed by atoms with E-state index in [4.69, 9.17) is 0 Å². The molecule has 11 heteroatoms. The van der Waals surface area contributed by atoms with E-state index in [1.54, 1.807) is 0 Å². The number of rotatable bonds is 3. The standard InChI is InChI=1S/C4HN7O4/c12-11(13)4-3(9-15-10-4)7-6-2-1-5-14-8-2/h1H. The minimum atomic E-state index is -0.800. The van der Waals surface area contributed by atoms with E-state index in [0.29, 0.717) is 0 Å². The number of nitrogens with zero attached hydrogens (tertiary/aromatic N) is 7. The second kappa shape index (κ2) is 3.57. The first kappa shape index (κ1) is 8.86. The first-order valence-electron chi connectivity index (χ1n) is 3.43. The van der Waals surface area contributed by atoms with E-state index in [9.17, 15) is 10.1 Å². The molecule has 0 unspecified atom stereocenters. The highest BCUT2D eigenvalue weighted by atomic mass is 16.6. The van der Waals surface area contributed by atoms with Gasteiger partial charge < -0.3 is 10.1 Å². The second-order valence-electron chi connectivity index (χ2n) is 2.13. The van der Waals surface area contributed by atoms with Gasteiger partial charge in [0.15, 0.2) is 5.16 Å². The van der Waals surface area contributed by atoms with Crippen molar-refractivity contribution >= 4 is 17.5 Å². The van der Waals surface area contributed by atoms with Crippen LogP contribution in [0.15, 0.2) is 25.7 Å². The zero-order chi connectivity index (χ0) is 10.7. The van der Waals surface area contributed by atoms with Crippen LogP contribution in [0, 0.1) is 10.1 Å². The molecule has 0 radical (unpaired) electrons. The summed E-state index contributed by atoms with van der Waals surface area (Å²) in [6.07, 6.45) is 1.17. The summed E-state index contributed by atoms with van der Waals surface area (Å²) in [5.41, 5.74) is 0. The smallest absolute Gasteiger partial charge is 0.358 e. The Morgan fingerprint density at radius 2 is 2.13 bits per heavy atom. The van der Waals surface area contributed by atoms with Gasteiger partial charge >= 0.3 is 11.6 Å². The molecule has 2 heterocycles. The highest BCUT2D eigenvalue weighted by Crippen LogP contribution is 2.23. The molecule has 0 spiro atoms. The first-order valence-corrected chi connectivity index (χ1v) is 3.43. The summed E-state index contributed by atoms with van der Waals surface area (Å²) >= 11 is 0. The molecule has 0 aliphatic rings. The fourth-order valence-corrected chi connectivity index (χ4v) is 0.660. The highest BCUT2D eigenvalue weighted by molar-refractivity contribution is 5.42. The second-order valence-corrected chi connectivity index (χ2v) is 2.13. The predicted molar refractivity (Wildman–Crippen MR) is 39.4 cm³/mol. The maximum absolute atomic E-state index is 10.3. The van der Waals surface area contributed by atoms with E-state index in [0.717, 1.165) is 0 Å². The van der Waals surface area contributed by atoms with E-state index < -0.39 is 10.7 Å². The Balaban J connectivity index is 2.24. The van der Waals surface area contributed by atoms with Crippen molar-refractivity contribution in [3.8, 4) is 0 Å². The van der Waals surface area contributed by atoms with Crippen LogP contribution in [-0.2, 0) is 0 Å². The van der Waals surface area contributed by atoms with Crippen molar-refractivity contribution in [3.05, 3.63) is 16.3 Å². The monoisotopic (exact) mass is 211 g/mol. The Hall–Kier alpha value is -2.72. The molecule has 2 aromatic heterocycles. The van der Waals surface area contributed by atoms with Crippen LogP contribution in [0.1, 0.15) is 0 Å². The van der Waals surface area contributed by atoms with E-state index in [2.05, 4.69) is 40.1 Å². The number of hydrogen-bond acceptors (Lipinski definition) is 10. The van der Waals surface area contributed by atoms with Gasteiger partial charge in [0.1, 0.15) is 6.20 Å². The van der Waals surface area contributed by atoms with Crippen LogP contribution in [0.2, 0.25) is 0 Å². The summed E-state index contributed by atoms with van der Waals surface area (Å²) in [6.45, 7) is 0. The Morgan fingerprint density at radius 1 is 1.27 bits per heavy atom. The highest BCUT2D eigenvalue weighted by Gasteiger charge is 2.21. The van der Waals surface area contributed by atoms with Crippen LogP contribution in [0.5, 0.6) is 0 Å². The molecular formula is C4HN7O4. The summed E-state index contributed by atoms with van der Waals surface area (Å²) in [4.78, 5) is 9.54. The van der Waals surface area contributed by atoms with Crippen LogP contribution in [0.25, 0.3) is 0 Å². The third-order valence-corrected chi connectivity index (χ3v) is 1.22. The van der Waals surface area contributed by atoms with Gasteiger partial charge in [-0.2, -0.15) is 0 Å². The van der Waals surface area contributed by atoms with Crippen LogP contribution in [0.4, 0.5) is 17.5 Å². The minimum absolute atomic E-state index is 0.0484. The molecule has 0 saturated heterocycles. The Labute approximate surface area is 79.9 Å². The molecule has 0 fully saturated rings. The van der Waals surface area contributed by atoms with Gasteiger partial charge in [-0.05, 0) is 10.1 Å². The summed E-state index contributed by atoms with van der Waals surface area (Å²) in [7, 11) is 0. The lowest BCUT2D eigenvalue weighted by Gasteiger charge is -1.83. The van der Waals surface area contributed by atoms with Gasteiger partial charge in [0.25, 0.3) is 0 Å². The van der Waals surface area contributed by atoms with Crippen LogP contribution >= 0.6 is 0 Å². The van der Waals surface area contributed by atoms with Gasteiger partial charge in [-0.25, -0.2) is 4.63 Å². The normalized spacial score (nSPS) is 10.9. The van der Waals surface area contributed by atoms with Crippen molar-refractivity contribution < 1.29 is 14.2 Å². The first-order chi connectivity index (χ1) is 7.27. The van der Waals surface area contributed by atoms with Crippen molar-refractivity contribution in [1.82, 2.24) is 20.6 Å². The molecule has 11 nitrogen and oxygen atoms in total. The van der Waals surface area contributed by atoms with Crippen molar-refractivity contribution in [2.24, 2.45) is 10.2 Å². The molecular weight excluding hydrogens is 210 g/mol.